The fraction of sp³-hybridized carbons (Fsp3) is 0.421. The van der Waals surface area contributed by atoms with Gasteiger partial charge in [0.25, 0.3) is 0 Å². The highest BCUT2D eigenvalue weighted by molar-refractivity contribution is 7.13. The number of furan rings is 1. The molecule has 1 atom stereocenters. The minimum Gasteiger partial charge on any atom is -0.462 e. The Hall–Kier alpha value is -1.89. The van der Waals surface area contributed by atoms with Gasteiger partial charge in [-0.2, -0.15) is 5.10 Å². The Kier molecular flexibility index (Phi) is 5.01. The number of aromatic nitrogens is 2. The normalized spacial score (nSPS) is 18.1. The second kappa shape index (κ2) is 7.56. The van der Waals surface area contributed by atoms with E-state index in [2.05, 4.69) is 51.8 Å². The van der Waals surface area contributed by atoms with Gasteiger partial charge in [0.2, 0.25) is 0 Å². The van der Waals surface area contributed by atoms with Crippen LogP contribution in [0.5, 0.6) is 0 Å². The number of ether oxygens (including phenoxy) is 1. The molecule has 0 spiro atoms. The third kappa shape index (κ3) is 4.03. The first-order valence-electron chi connectivity index (χ1n) is 8.75. The van der Waals surface area contributed by atoms with Crippen molar-refractivity contribution in [2.24, 2.45) is 0 Å². The van der Waals surface area contributed by atoms with Crippen molar-refractivity contribution >= 4 is 11.3 Å². The molecule has 0 amide bonds. The van der Waals surface area contributed by atoms with Crippen LogP contribution in [0.2, 0.25) is 0 Å². The topological polar surface area (TPSA) is 54.3 Å². The third-order valence-electron chi connectivity index (χ3n) is 4.45. The molecule has 5 nitrogen and oxygen atoms in total. The van der Waals surface area contributed by atoms with Crippen molar-refractivity contribution < 1.29 is 9.15 Å². The van der Waals surface area contributed by atoms with Crippen molar-refractivity contribution in [1.29, 1.82) is 0 Å². The van der Waals surface area contributed by atoms with Crippen LogP contribution in [0.1, 0.15) is 42.6 Å². The third-order valence-corrected chi connectivity index (χ3v) is 5.34. The molecule has 132 valence electrons. The molecule has 4 heterocycles. The van der Waals surface area contributed by atoms with E-state index in [1.54, 1.807) is 11.3 Å². The Balaban J connectivity index is 1.34. The first kappa shape index (κ1) is 16.6. The van der Waals surface area contributed by atoms with Crippen LogP contribution < -0.4 is 0 Å². The fourth-order valence-corrected chi connectivity index (χ4v) is 3.91. The van der Waals surface area contributed by atoms with Gasteiger partial charge in [0.1, 0.15) is 23.3 Å². The lowest BCUT2D eigenvalue weighted by Crippen LogP contribution is -2.17. The van der Waals surface area contributed by atoms with Gasteiger partial charge in [0.05, 0.1) is 11.4 Å². The molecule has 1 unspecified atom stereocenters. The van der Waals surface area contributed by atoms with Crippen molar-refractivity contribution in [3.8, 4) is 10.6 Å². The summed E-state index contributed by atoms with van der Waals surface area (Å²) in [4.78, 5) is 3.41. The van der Waals surface area contributed by atoms with Crippen LogP contribution in [0.15, 0.2) is 40.1 Å². The van der Waals surface area contributed by atoms with Gasteiger partial charge >= 0.3 is 0 Å². The maximum absolute atomic E-state index is 6.00. The summed E-state index contributed by atoms with van der Waals surface area (Å²) in [6, 6.07) is 10.4. The van der Waals surface area contributed by atoms with Crippen molar-refractivity contribution in [3.63, 3.8) is 0 Å². The van der Waals surface area contributed by atoms with Crippen molar-refractivity contribution in [1.82, 2.24) is 15.1 Å². The number of nitrogens with zero attached hydrogens (tertiary/aromatic N) is 2. The minimum atomic E-state index is 0.133. The summed E-state index contributed by atoms with van der Waals surface area (Å²) in [5.74, 6) is 1.94. The molecule has 1 aliphatic rings. The largest absolute Gasteiger partial charge is 0.462 e. The molecule has 25 heavy (non-hydrogen) atoms. The molecule has 4 rings (SSSR count). The molecule has 1 aliphatic heterocycles. The quantitative estimate of drug-likeness (QED) is 0.700. The second-order valence-electron chi connectivity index (χ2n) is 6.59. The van der Waals surface area contributed by atoms with Gasteiger partial charge in [-0.15, -0.1) is 11.3 Å². The monoisotopic (exact) mass is 357 g/mol. The zero-order chi connectivity index (χ0) is 17.1. The zero-order valence-electron chi connectivity index (χ0n) is 14.4. The lowest BCUT2D eigenvalue weighted by molar-refractivity contribution is 0.000904. The Morgan fingerprint density at radius 3 is 3.04 bits per heavy atom. The van der Waals surface area contributed by atoms with E-state index in [0.29, 0.717) is 0 Å². The molecule has 6 heteroatoms. The van der Waals surface area contributed by atoms with Crippen molar-refractivity contribution in [2.75, 3.05) is 13.7 Å². The minimum absolute atomic E-state index is 0.133. The van der Waals surface area contributed by atoms with Gasteiger partial charge in [-0.05, 0) is 56.0 Å². The van der Waals surface area contributed by atoms with E-state index in [0.717, 1.165) is 55.4 Å². The highest BCUT2D eigenvalue weighted by Crippen LogP contribution is 2.29. The van der Waals surface area contributed by atoms with E-state index in [4.69, 9.17) is 9.15 Å². The van der Waals surface area contributed by atoms with Crippen LogP contribution in [0.3, 0.4) is 0 Å². The summed E-state index contributed by atoms with van der Waals surface area (Å²) >= 11 is 1.70. The van der Waals surface area contributed by atoms with Gasteiger partial charge in [0, 0.05) is 18.8 Å². The number of nitrogens with one attached hydrogen (secondary N) is 1. The first-order valence-corrected chi connectivity index (χ1v) is 9.63. The molecule has 0 aliphatic carbocycles. The Bertz CT molecular complexity index is 787. The van der Waals surface area contributed by atoms with Gasteiger partial charge in [-0.1, -0.05) is 6.07 Å². The molecule has 0 saturated carbocycles. The van der Waals surface area contributed by atoms with E-state index in [-0.39, 0.29) is 6.10 Å². The average Bonchev–Trinajstić information content (AvgIpc) is 3.37. The predicted molar refractivity (Wildman–Crippen MR) is 98.3 cm³/mol. The van der Waals surface area contributed by atoms with Gasteiger partial charge in [0.15, 0.2) is 0 Å². The fourth-order valence-electron chi connectivity index (χ4n) is 3.22. The lowest BCUT2D eigenvalue weighted by atomic mass is 10.1. The molecular formula is C19H23N3O2S. The predicted octanol–water partition coefficient (Wildman–Crippen LogP) is 4.60. The molecule has 1 fully saturated rings. The van der Waals surface area contributed by atoms with Gasteiger partial charge in [-0.3, -0.25) is 10.00 Å². The van der Waals surface area contributed by atoms with Crippen LogP contribution >= 0.6 is 11.3 Å². The Labute approximate surface area is 151 Å². The smallest absolute Gasteiger partial charge is 0.133 e. The maximum atomic E-state index is 6.00. The van der Waals surface area contributed by atoms with E-state index >= 15 is 0 Å². The number of rotatable bonds is 6. The van der Waals surface area contributed by atoms with Crippen molar-refractivity contribution in [3.05, 3.63) is 52.9 Å². The molecule has 1 saturated heterocycles. The van der Waals surface area contributed by atoms with E-state index in [9.17, 15) is 0 Å². The number of H-pyrrole nitrogens is 1. The summed E-state index contributed by atoms with van der Waals surface area (Å²) < 4.78 is 11.8. The summed E-state index contributed by atoms with van der Waals surface area (Å²) in [5, 5.41) is 9.60. The molecule has 0 bridgehead atoms. The second-order valence-corrected chi connectivity index (χ2v) is 7.54. The van der Waals surface area contributed by atoms with Crippen LogP contribution in [0.25, 0.3) is 10.6 Å². The summed E-state index contributed by atoms with van der Waals surface area (Å²) in [6.07, 6.45) is 3.56. The number of aromatic amines is 1. The Morgan fingerprint density at radius 2 is 2.24 bits per heavy atom. The van der Waals surface area contributed by atoms with Gasteiger partial charge in [-0.25, -0.2) is 0 Å². The molecule has 0 radical (unpaired) electrons. The van der Waals surface area contributed by atoms with E-state index < -0.39 is 0 Å². The first-order chi connectivity index (χ1) is 12.3. The summed E-state index contributed by atoms with van der Waals surface area (Å²) in [5.41, 5.74) is 2.11. The van der Waals surface area contributed by atoms with Crippen LogP contribution in [0.4, 0.5) is 0 Å². The Morgan fingerprint density at radius 1 is 1.28 bits per heavy atom. The van der Waals surface area contributed by atoms with Crippen LogP contribution in [-0.4, -0.2) is 28.8 Å². The highest BCUT2D eigenvalue weighted by atomic mass is 32.1. The molecule has 0 aromatic carbocycles. The van der Waals surface area contributed by atoms with E-state index in [1.807, 2.05) is 6.07 Å². The van der Waals surface area contributed by atoms with E-state index in [1.165, 1.54) is 11.3 Å². The van der Waals surface area contributed by atoms with Crippen LogP contribution in [-0.2, 0) is 17.8 Å². The zero-order valence-corrected chi connectivity index (χ0v) is 15.2. The lowest BCUT2D eigenvalue weighted by Gasteiger charge is -2.20. The molecule has 3 aromatic rings. The number of hydrogen-bond acceptors (Lipinski definition) is 5. The molecule has 3 aromatic heterocycles. The summed E-state index contributed by atoms with van der Waals surface area (Å²) in [7, 11) is 2.09. The van der Waals surface area contributed by atoms with Crippen molar-refractivity contribution in [2.45, 2.75) is 38.5 Å². The number of hydrogen-bond donors (Lipinski definition) is 1. The average molecular weight is 357 g/mol. The van der Waals surface area contributed by atoms with Gasteiger partial charge < -0.3 is 9.15 Å². The highest BCUT2D eigenvalue weighted by Gasteiger charge is 2.19. The standard InChI is InChI=1S/C19H23N3O2S/c1-22(12-14-11-16(21-20-14)19-6-4-10-25-19)13-15-7-8-18(24-15)17-5-2-3-9-23-17/h4,6-8,10-11,17H,2-3,5,9,12-13H2,1H3,(H,20,21). The van der Waals surface area contributed by atoms with Crippen LogP contribution in [0, 0.1) is 0 Å². The molecular weight excluding hydrogens is 334 g/mol. The number of thiophene rings is 1. The molecule has 1 N–H and O–H groups in total. The SMILES string of the molecule is CN(Cc1cc(-c2cccs2)n[nH]1)Cc1ccc(C2CCCCO2)o1. The summed E-state index contributed by atoms with van der Waals surface area (Å²) in [6.45, 7) is 2.40. The maximum Gasteiger partial charge on any atom is 0.133 e.